The molecule has 0 saturated heterocycles. The third-order valence-corrected chi connectivity index (χ3v) is 4.23. The van der Waals surface area contributed by atoms with Crippen molar-refractivity contribution < 1.29 is 13.2 Å². The zero-order chi connectivity index (χ0) is 19.8. The quantitative estimate of drug-likeness (QED) is 0.788. The molecule has 3 rings (SSSR count). The Labute approximate surface area is 154 Å². The van der Waals surface area contributed by atoms with E-state index in [2.05, 4.69) is 31.8 Å². The van der Waals surface area contributed by atoms with Crippen molar-refractivity contribution in [2.24, 2.45) is 0 Å². The van der Waals surface area contributed by atoms with Crippen LogP contribution in [0.15, 0.2) is 12.3 Å². The highest BCUT2D eigenvalue weighted by Gasteiger charge is 2.36. The lowest BCUT2D eigenvalue weighted by molar-refractivity contribution is -0.137. The van der Waals surface area contributed by atoms with Gasteiger partial charge in [-0.1, -0.05) is 0 Å². The minimum Gasteiger partial charge on any atom is -0.370 e. The molecule has 2 aromatic rings. The fourth-order valence-electron chi connectivity index (χ4n) is 2.51. The average molecular weight is 379 g/mol. The molecule has 27 heavy (non-hydrogen) atoms. The van der Waals surface area contributed by atoms with Crippen molar-refractivity contribution in [2.45, 2.75) is 51.2 Å². The molecule has 0 amide bonds. The molecule has 7 nitrogen and oxygen atoms in total. The minimum atomic E-state index is -4.55. The van der Waals surface area contributed by atoms with Crippen LogP contribution in [0.5, 0.6) is 0 Å². The van der Waals surface area contributed by atoms with E-state index in [9.17, 15) is 18.4 Å². The van der Waals surface area contributed by atoms with E-state index in [1.54, 1.807) is 31.5 Å². The molecule has 0 unspecified atom stereocenters. The molecular weight excluding hydrogens is 359 g/mol. The fourth-order valence-corrected chi connectivity index (χ4v) is 2.51. The van der Waals surface area contributed by atoms with Gasteiger partial charge in [0.15, 0.2) is 0 Å². The molecular formula is C17H20F3N7. The summed E-state index contributed by atoms with van der Waals surface area (Å²) in [5.41, 5.74) is -1.12. The first-order valence-electron chi connectivity index (χ1n) is 8.62. The Bertz CT molecular complexity index is 876. The maximum Gasteiger partial charge on any atom is 0.421 e. The summed E-state index contributed by atoms with van der Waals surface area (Å²) in [6, 6.07) is 4.13. The van der Waals surface area contributed by atoms with Gasteiger partial charge in [-0.25, -0.2) is 9.67 Å². The van der Waals surface area contributed by atoms with E-state index in [0.29, 0.717) is 18.1 Å². The molecule has 10 heteroatoms. The first-order chi connectivity index (χ1) is 12.7. The Balaban J connectivity index is 1.95. The first kappa shape index (κ1) is 18.9. The smallest absolute Gasteiger partial charge is 0.370 e. The molecule has 0 aromatic carbocycles. The number of halogens is 3. The van der Waals surface area contributed by atoms with Crippen molar-refractivity contribution >= 4 is 17.6 Å². The van der Waals surface area contributed by atoms with Crippen LogP contribution in [0.3, 0.4) is 0 Å². The van der Waals surface area contributed by atoms with Crippen LogP contribution in [0.25, 0.3) is 0 Å². The molecule has 0 bridgehead atoms. The van der Waals surface area contributed by atoms with Gasteiger partial charge in [-0.3, -0.25) is 0 Å². The predicted molar refractivity (Wildman–Crippen MR) is 93.6 cm³/mol. The number of nitriles is 1. The van der Waals surface area contributed by atoms with Gasteiger partial charge in [0, 0.05) is 18.8 Å². The Hall–Kier alpha value is -2.83. The lowest BCUT2D eigenvalue weighted by Gasteiger charge is -2.14. The van der Waals surface area contributed by atoms with Gasteiger partial charge in [-0.15, -0.1) is 0 Å². The van der Waals surface area contributed by atoms with Crippen molar-refractivity contribution in [3.05, 3.63) is 23.5 Å². The third-order valence-electron chi connectivity index (χ3n) is 4.23. The average Bonchev–Trinajstić information content (AvgIpc) is 3.35. The normalized spacial score (nSPS) is 14.7. The Morgan fingerprint density at radius 2 is 2.04 bits per heavy atom. The van der Waals surface area contributed by atoms with Crippen LogP contribution >= 0.6 is 0 Å². The summed E-state index contributed by atoms with van der Waals surface area (Å²) in [5.74, 6) is 0.303. The van der Waals surface area contributed by atoms with Crippen LogP contribution in [-0.2, 0) is 11.6 Å². The van der Waals surface area contributed by atoms with Crippen molar-refractivity contribution in [3.63, 3.8) is 0 Å². The summed E-state index contributed by atoms with van der Waals surface area (Å²) in [4.78, 5) is 7.78. The zero-order valence-electron chi connectivity index (χ0n) is 15.2. The van der Waals surface area contributed by atoms with Gasteiger partial charge in [0.2, 0.25) is 5.95 Å². The summed E-state index contributed by atoms with van der Waals surface area (Å²) in [6.07, 6.45) is -1.88. The molecule has 1 aliphatic carbocycles. The highest BCUT2D eigenvalue weighted by atomic mass is 19.4. The molecule has 2 aromatic heterocycles. The second-order valence-electron chi connectivity index (χ2n) is 6.94. The van der Waals surface area contributed by atoms with E-state index >= 15 is 0 Å². The van der Waals surface area contributed by atoms with Crippen LogP contribution in [0.2, 0.25) is 0 Å². The summed E-state index contributed by atoms with van der Waals surface area (Å²) < 4.78 is 41.0. The monoisotopic (exact) mass is 379 g/mol. The standard InChI is InChI=1S/C17H20F3N7/c1-4-22-14-11(17(18,19)20)8-23-15(25-14)24-13-7-12(16(2,3)9-21)26-27(13)10-5-6-10/h7-8,10H,4-6H2,1-3H3,(H2,22,23,24,25). The van der Waals surface area contributed by atoms with Crippen molar-refractivity contribution in [2.75, 3.05) is 17.2 Å². The Kier molecular flexibility index (Phi) is 4.71. The summed E-state index contributed by atoms with van der Waals surface area (Å²) in [7, 11) is 0. The topological polar surface area (TPSA) is 91.5 Å². The van der Waals surface area contributed by atoms with E-state index in [4.69, 9.17) is 0 Å². The molecule has 0 atom stereocenters. The van der Waals surface area contributed by atoms with Crippen molar-refractivity contribution in [1.29, 1.82) is 5.26 Å². The Morgan fingerprint density at radius 3 is 2.59 bits per heavy atom. The first-order valence-corrected chi connectivity index (χ1v) is 8.62. The van der Waals surface area contributed by atoms with E-state index < -0.39 is 17.2 Å². The molecule has 144 valence electrons. The number of nitrogens with one attached hydrogen (secondary N) is 2. The van der Waals surface area contributed by atoms with Gasteiger partial charge < -0.3 is 10.6 Å². The third kappa shape index (κ3) is 3.97. The molecule has 1 saturated carbocycles. The largest absolute Gasteiger partial charge is 0.421 e. The fraction of sp³-hybridized carbons (Fsp3) is 0.529. The molecule has 0 radical (unpaired) electrons. The minimum absolute atomic E-state index is 0.0297. The zero-order valence-corrected chi connectivity index (χ0v) is 15.2. The Morgan fingerprint density at radius 1 is 1.33 bits per heavy atom. The second-order valence-corrected chi connectivity index (χ2v) is 6.94. The lowest BCUT2D eigenvalue weighted by Crippen LogP contribution is -2.15. The molecule has 2 heterocycles. The van der Waals surface area contributed by atoms with Gasteiger partial charge in [-0.05, 0) is 33.6 Å². The van der Waals surface area contributed by atoms with E-state index in [-0.39, 0.29) is 17.8 Å². The van der Waals surface area contributed by atoms with Gasteiger partial charge in [0.05, 0.1) is 23.2 Å². The molecule has 2 N–H and O–H groups in total. The number of aromatic nitrogens is 4. The molecule has 1 aliphatic rings. The summed E-state index contributed by atoms with van der Waals surface area (Å²) >= 11 is 0. The number of alkyl halides is 3. The maximum atomic E-state index is 13.1. The number of rotatable bonds is 6. The van der Waals surface area contributed by atoms with Crippen LogP contribution < -0.4 is 10.6 Å². The van der Waals surface area contributed by atoms with Gasteiger partial charge >= 0.3 is 6.18 Å². The number of hydrogen-bond acceptors (Lipinski definition) is 6. The van der Waals surface area contributed by atoms with Crippen LogP contribution in [0, 0.1) is 11.3 Å². The van der Waals surface area contributed by atoms with Gasteiger partial charge in [0.25, 0.3) is 0 Å². The maximum absolute atomic E-state index is 13.1. The SMILES string of the molecule is CCNc1nc(Nc2cc(C(C)(C)C#N)nn2C2CC2)ncc1C(F)(F)F. The van der Waals surface area contributed by atoms with Crippen LogP contribution in [0.1, 0.15) is 50.9 Å². The lowest BCUT2D eigenvalue weighted by atomic mass is 9.92. The number of nitrogens with zero attached hydrogens (tertiary/aromatic N) is 5. The summed E-state index contributed by atoms with van der Waals surface area (Å²) in [6.45, 7) is 5.50. The van der Waals surface area contributed by atoms with E-state index in [1.165, 1.54) is 0 Å². The second kappa shape index (κ2) is 6.72. The number of anilines is 3. The molecule has 0 spiro atoms. The van der Waals surface area contributed by atoms with Gasteiger partial charge in [-0.2, -0.15) is 28.5 Å². The van der Waals surface area contributed by atoms with E-state index in [0.717, 1.165) is 19.0 Å². The predicted octanol–water partition coefficient (Wildman–Crippen LogP) is 4.00. The molecule has 1 fully saturated rings. The van der Waals surface area contributed by atoms with E-state index in [1.807, 2.05) is 0 Å². The van der Waals surface area contributed by atoms with Crippen LogP contribution in [0.4, 0.5) is 30.8 Å². The highest BCUT2D eigenvalue weighted by Crippen LogP contribution is 2.39. The summed E-state index contributed by atoms with van der Waals surface area (Å²) in [5, 5.41) is 19.4. The van der Waals surface area contributed by atoms with Crippen LogP contribution in [-0.4, -0.2) is 26.3 Å². The highest BCUT2D eigenvalue weighted by molar-refractivity contribution is 5.55. The van der Waals surface area contributed by atoms with Gasteiger partial charge in [0.1, 0.15) is 17.2 Å². The van der Waals surface area contributed by atoms with Crippen molar-refractivity contribution in [1.82, 2.24) is 19.7 Å². The molecule has 0 aliphatic heterocycles. The van der Waals surface area contributed by atoms with Crippen molar-refractivity contribution in [3.8, 4) is 6.07 Å². The number of hydrogen-bond donors (Lipinski definition) is 2.